The summed E-state index contributed by atoms with van der Waals surface area (Å²) >= 11 is 16.9. The maximum absolute atomic E-state index is 12.1. The fraction of sp³-hybridized carbons (Fsp3) is 0.0625. The van der Waals surface area contributed by atoms with Crippen molar-refractivity contribution in [1.82, 2.24) is 20.4 Å². The predicted octanol–water partition coefficient (Wildman–Crippen LogP) is 3.36. The maximum atomic E-state index is 12.1. The molecule has 0 atom stereocenters. The van der Waals surface area contributed by atoms with E-state index in [0.29, 0.717) is 15.7 Å². The van der Waals surface area contributed by atoms with E-state index < -0.39 is 0 Å². The maximum Gasteiger partial charge on any atom is 0.258 e. The van der Waals surface area contributed by atoms with Gasteiger partial charge < -0.3 is 9.88 Å². The lowest BCUT2D eigenvalue weighted by Crippen LogP contribution is -2.45. The van der Waals surface area contributed by atoms with Crippen LogP contribution in [0.5, 0.6) is 0 Å². The molecule has 0 saturated heterocycles. The van der Waals surface area contributed by atoms with E-state index in [4.69, 9.17) is 35.4 Å². The summed E-state index contributed by atoms with van der Waals surface area (Å²) in [5, 5.41) is 3.98. The number of halogens is 2. The lowest BCUT2D eigenvalue weighted by Gasteiger charge is -2.12. The quantitative estimate of drug-likeness (QED) is 0.470. The van der Waals surface area contributed by atoms with E-state index in [9.17, 15) is 4.79 Å². The topological polar surface area (TPSA) is 71.0 Å². The number of imidazole rings is 1. The second-order valence-electron chi connectivity index (χ2n) is 5.12. The summed E-state index contributed by atoms with van der Waals surface area (Å²) in [5.74, 6) is -0.263. The number of aromatic nitrogens is 2. The Hall–Kier alpha value is -2.35. The molecule has 0 aliphatic heterocycles. The van der Waals surface area contributed by atoms with E-state index in [0.717, 1.165) is 11.0 Å². The van der Waals surface area contributed by atoms with Crippen molar-refractivity contribution in [3.05, 3.63) is 58.8 Å². The molecule has 1 aromatic heterocycles. The van der Waals surface area contributed by atoms with Crippen molar-refractivity contribution in [2.45, 2.75) is 6.54 Å². The van der Waals surface area contributed by atoms with Crippen LogP contribution in [0, 0.1) is 0 Å². The molecule has 0 bridgehead atoms. The summed E-state index contributed by atoms with van der Waals surface area (Å²) in [6, 6.07) is 12.6. The number of thiocarbonyl (C=S) groups is 1. The second kappa shape index (κ2) is 7.69. The van der Waals surface area contributed by atoms with Crippen LogP contribution >= 0.6 is 35.4 Å². The number of fused-ring (bicyclic) bond motifs is 1. The predicted molar refractivity (Wildman–Crippen MR) is 104 cm³/mol. The molecule has 3 rings (SSSR count). The Morgan fingerprint density at radius 2 is 1.92 bits per heavy atom. The first-order chi connectivity index (χ1) is 12.0. The average molecular weight is 394 g/mol. The van der Waals surface area contributed by atoms with Crippen LogP contribution < -0.4 is 16.2 Å². The van der Waals surface area contributed by atoms with Gasteiger partial charge in [-0.05, 0) is 42.5 Å². The summed E-state index contributed by atoms with van der Waals surface area (Å²) in [6.45, 7) is 0.114. The fourth-order valence-electron chi connectivity index (χ4n) is 2.19. The molecule has 3 aromatic rings. The molecule has 9 heteroatoms. The average Bonchev–Trinajstić information content (AvgIpc) is 2.99. The number of nitrogens with zero attached hydrogens (tertiary/aromatic N) is 2. The molecular formula is C16H13Cl2N5OS. The van der Waals surface area contributed by atoms with E-state index in [1.54, 1.807) is 29.1 Å². The van der Waals surface area contributed by atoms with Gasteiger partial charge >= 0.3 is 0 Å². The summed E-state index contributed by atoms with van der Waals surface area (Å²) in [4.78, 5) is 16.3. The molecule has 25 heavy (non-hydrogen) atoms. The van der Waals surface area contributed by atoms with Crippen LogP contribution in [-0.4, -0.2) is 20.6 Å². The number of carbonyl (C=O) groups is 1. The minimum Gasteiger partial charge on any atom is -0.331 e. The Kier molecular flexibility index (Phi) is 5.37. The lowest BCUT2D eigenvalue weighted by atomic mass is 10.3. The van der Waals surface area contributed by atoms with Crippen molar-refractivity contribution in [3.8, 4) is 0 Å². The van der Waals surface area contributed by atoms with E-state index in [-0.39, 0.29) is 17.6 Å². The van der Waals surface area contributed by atoms with Crippen LogP contribution in [0.25, 0.3) is 11.0 Å². The summed E-state index contributed by atoms with van der Waals surface area (Å²) in [6.07, 6.45) is 1.62. The van der Waals surface area contributed by atoms with Gasteiger partial charge in [-0.15, -0.1) is 0 Å². The monoisotopic (exact) mass is 393 g/mol. The van der Waals surface area contributed by atoms with E-state index in [1.165, 1.54) is 0 Å². The molecule has 6 nitrogen and oxygen atoms in total. The van der Waals surface area contributed by atoms with Gasteiger partial charge in [0.2, 0.25) is 0 Å². The zero-order valence-corrected chi connectivity index (χ0v) is 15.1. The number of hydrogen-bond acceptors (Lipinski definition) is 3. The highest BCUT2D eigenvalue weighted by Crippen LogP contribution is 2.24. The minimum atomic E-state index is -0.263. The molecule has 0 aliphatic carbocycles. The van der Waals surface area contributed by atoms with Crippen molar-refractivity contribution >= 4 is 63.2 Å². The van der Waals surface area contributed by atoms with Gasteiger partial charge in [-0.2, -0.15) is 0 Å². The Morgan fingerprint density at radius 3 is 2.72 bits per heavy atom. The molecule has 0 fully saturated rings. The molecule has 1 amide bonds. The van der Waals surface area contributed by atoms with Crippen LogP contribution in [0.4, 0.5) is 5.69 Å². The van der Waals surface area contributed by atoms with Crippen molar-refractivity contribution in [1.29, 1.82) is 0 Å². The minimum absolute atomic E-state index is 0.114. The third-order valence-electron chi connectivity index (χ3n) is 3.33. The highest BCUT2D eigenvalue weighted by molar-refractivity contribution is 7.80. The van der Waals surface area contributed by atoms with Gasteiger partial charge in [0.05, 0.1) is 27.4 Å². The molecule has 1 heterocycles. The third kappa shape index (κ3) is 4.39. The molecule has 0 radical (unpaired) electrons. The molecule has 2 aromatic carbocycles. The van der Waals surface area contributed by atoms with Crippen LogP contribution in [0.1, 0.15) is 0 Å². The molecule has 0 saturated carbocycles. The number of carbonyl (C=O) groups excluding carboxylic acids is 1. The highest BCUT2D eigenvalue weighted by atomic mass is 35.5. The molecule has 0 aliphatic rings. The van der Waals surface area contributed by atoms with Gasteiger partial charge in [-0.3, -0.25) is 15.6 Å². The number of benzene rings is 2. The number of hydrogen-bond donors (Lipinski definition) is 3. The second-order valence-corrected chi connectivity index (χ2v) is 6.34. The van der Waals surface area contributed by atoms with E-state index in [2.05, 4.69) is 21.2 Å². The zero-order valence-electron chi connectivity index (χ0n) is 12.8. The largest absolute Gasteiger partial charge is 0.331 e. The Labute approximate surface area is 159 Å². The first kappa shape index (κ1) is 17.5. The number of anilines is 1. The lowest BCUT2D eigenvalue weighted by molar-refractivity contribution is -0.122. The number of amides is 1. The summed E-state index contributed by atoms with van der Waals surface area (Å²) < 4.78 is 1.75. The molecule has 3 N–H and O–H groups in total. The molecular weight excluding hydrogens is 381 g/mol. The molecule has 128 valence electrons. The van der Waals surface area contributed by atoms with Gasteiger partial charge in [-0.25, -0.2) is 4.98 Å². The summed E-state index contributed by atoms with van der Waals surface area (Å²) in [7, 11) is 0. The number of rotatable bonds is 3. The normalized spacial score (nSPS) is 10.5. The van der Waals surface area contributed by atoms with Crippen LogP contribution in [0.15, 0.2) is 48.8 Å². The first-order valence-corrected chi connectivity index (χ1v) is 8.40. The van der Waals surface area contributed by atoms with E-state index in [1.807, 2.05) is 24.3 Å². The van der Waals surface area contributed by atoms with Crippen LogP contribution in [0.2, 0.25) is 10.0 Å². The number of hydrazine groups is 1. The van der Waals surface area contributed by atoms with Gasteiger partial charge in [0.1, 0.15) is 6.54 Å². The van der Waals surface area contributed by atoms with E-state index >= 15 is 0 Å². The SMILES string of the molecule is O=C(Cn1cnc2ccccc21)NNC(=S)Nc1ccc(Cl)c(Cl)c1. The van der Waals surface area contributed by atoms with Gasteiger partial charge in [-0.1, -0.05) is 35.3 Å². The standard InChI is InChI=1S/C16H13Cl2N5OS/c17-11-6-5-10(7-12(11)18)20-16(25)22-21-15(24)8-23-9-19-13-3-1-2-4-14(13)23/h1-7,9H,8H2,(H,21,24)(H2,20,22,25). The van der Waals surface area contributed by atoms with Crippen molar-refractivity contribution in [3.63, 3.8) is 0 Å². The fourth-order valence-corrected chi connectivity index (χ4v) is 2.66. The highest BCUT2D eigenvalue weighted by Gasteiger charge is 2.07. The number of nitrogens with one attached hydrogen (secondary N) is 3. The van der Waals surface area contributed by atoms with Crippen molar-refractivity contribution in [2.24, 2.45) is 0 Å². The van der Waals surface area contributed by atoms with Gasteiger partial charge in [0.15, 0.2) is 5.11 Å². The summed E-state index contributed by atoms with van der Waals surface area (Å²) in [5.41, 5.74) is 7.54. The Bertz CT molecular complexity index is 943. The van der Waals surface area contributed by atoms with Crippen molar-refractivity contribution in [2.75, 3.05) is 5.32 Å². The smallest absolute Gasteiger partial charge is 0.258 e. The zero-order chi connectivity index (χ0) is 17.8. The third-order valence-corrected chi connectivity index (χ3v) is 4.28. The van der Waals surface area contributed by atoms with Gasteiger partial charge in [0.25, 0.3) is 5.91 Å². The van der Waals surface area contributed by atoms with Crippen LogP contribution in [-0.2, 0) is 11.3 Å². The molecule has 0 spiro atoms. The molecule has 0 unspecified atom stereocenters. The first-order valence-electron chi connectivity index (χ1n) is 7.23. The Balaban J connectivity index is 1.53. The van der Waals surface area contributed by atoms with Crippen molar-refractivity contribution < 1.29 is 4.79 Å². The van der Waals surface area contributed by atoms with Gasteiger partial charge in [0, 0.05) is 5.69 Å². The number of para-hydroxylation sites is 2. The Morgan fingerprint density at radius 1 is 1.12 bits per heavy atom. The van der Waals surface area contributed by atoms with Crippen LogP contribution in [0.3, 0.4) is 0 Å².